The highest BCUT2D eigenvalue weighted by Gasteiger charge is 2.62. The van der Waals surface area contributed by atoms with Crippen molar-refractivity contribution in [2.45, 2.75) is 65.4 Å². The summed E-state index contributed by atoms with van der Waals surface area (Å²) in [5.74, 6) is 0.249. The fourth-order valence-corrected chi connectivity index (χ4v) is 7.12. The molecule has 3 saturated carbocycles. The number of carbonyl (C=O) groups is 2. The van der Waals surface area contributed by atoms with Crippen LogP contribution in [-0.2, 0) is 19.1 Å². The van der Waals surface area contributed by atoms with Crippen LogP contribution in [0, 0.1) is 34.5 Å². The summed E-state index contributed by atoms with van der Waals surface area (Å²) in [5, 5.41) is 14.2. The molecule has 0 aromatic heterocycles. The molecule has 3 aliphatic carbocycles. The first kappa shape index (κ1) is 23.3. The molecule has 0 saturated heterocycles. The molecule has 2 N–H and O–H groups in total. The van der Waals surface area contributed by atoms with Gasteiger partial charge in [-0.05, 0) is 75.2 Å². The molecule has 2 unspecified atom stereocenters. The minimum atomic E-state index is -0.538. The van der Waals surface area contributed by atoms with Gasteiger partial charge in [0, 0.05) is 12.6 Å². The summed E-state index contributed by atoms with van der Waals surface area (Å²) < 4.78 is 10.5. The molecule has 0 heterocycles. The van der Waals surface area contributed by atoms with Gasteiger partial charge in [-0.3, -0.25) is 4.79 Å². The van der Waals surface area contributed by atoms with E-state index in [0.29, 0.717) is 25.5 Å². The molecular weight excluding hydrogens is 382 g/mol. The minimum Gasteiger partial charge on any atom is -0.469 e. The quantitative estimate of drug-likeness (QED) is 0.403. The third-order valence-corrected chi connectivity index (χ3v) is 8.67. The van der Waals surface area contributed by atoms with Crippen LogP contribution in [0.2, 0.25) is 0 Å². The van der Waals surface area contributed by atoms with Crippen molar-refractivity contribution >= 4 is 11.9 Å². The van der Waals surface area contributed by atoms with Gasteiger partial charge in [0.05, 0.1) is 18.6 Å². The number of hydrogen-bond acceptors (Lipinski definition) is 6. The molecule has 3 aliphatic rings. The number of likely N-dealkylation sites (N-methyl/N-ethyl adjacent to an activating group) is 1. The molecule has 0 aliphatic heterocycles. The lowest BCUT2D eigenvalue weighted by Gasteiger charge is -2.62. The van der Waals surface area contributed by atoms with Gasteiger partial charge < -0.3 is 19.9 Å². The van der Waals surface area contributed by atoms with Crippen LogP contribution >= 0.6 is 0 Å². The lowest BCUT2D eigenvalue weighted by atomic mass is 9.42. The summed E-state index contributed by atoms with van der Waals surface area (Å²) in [5.41, 5.74) is 0.542. The number of rotatable bonds is 5. The smallest absolute Gasteiger partial charge is 0.330 e. The van der Waals surface area contributed by atoms with E-state index in [1.54, 1.807) is 6.08 Å². The Morgan fingerprint density at radius 3 is 2.70 bits per heavy atom. The molecule has 7 atom stereocenters. The molecule has 0 aromatic carbocycles. The van der Waals surface area contributed by atoms with E-state index in [1.165, 1.54) is 7.11 Å². The summed E-state index contributed by atoms with van der Waals surface area (Å²) in [6, 6.07) is 0. The Hall–Kier alpha value is -1.40. The average Bonchev–Trinajstić information content (AvgIpc) is 2.71. The largest absolute Gasteiger partial charge is 0.469 e. The van der Waals surface area contributed by atoms with E-state index in [9.17, 15) is 14.7 Å². The Bertz CT molecular complexity index is 691. The van der Waals surface area contributed by atoms with Crippen molar-refractivity contribution in [2.24, 2.45) is 34.5 Å². The SMILES string of the molecule is CNCCOC(=O)C=C1CC[C@H]2C(C1C)[C@@H](O)C[C@@H]1[C@]2(C)CCC[C@@]1(C)C(=O)OC. The van der Waals surface area contributed by atoms with E-state index >= 15 is 0 Å². The molecule has 0 bridgehead atoms. The average molecular weight is 422 g/mol. The number of methoxy groups -OCH3 is 1. The molecule has 3 fully saturated rings. The molecular formula is C24H39NO5. The molecule has 6 nitrogen and oxygen atoms in total. The first-order valence-corrected chi connectivity index (χ1v) is 11.5. The molecule has 0 amide bonds. The number of esters is 2. The molecule has 170 valence electrons. The summed E-state index contributed by atoms with van der Waals surface area (Å²) in [4.78, 5) is 24.9. The number of hydrogen-bond donors (Lipinski definition) is 2. The number of ether oxygens (including phenoxy) is 2. The maximum absolute atomic E-state index is 12.7. The van der Waals surface area contributed by atoms with E-state index in [1.807, 2.05) is 14.0 Å². The number of aliphatic hydroxyl groups is 1. The van der Waals surface area contributed by atoms with Gasteiger partial charge in [-0.1, -0.05) is 25.8 Å². The van der Waals surface area contributed by atoms with Crippen molar-refractivity contribution < 1.29 is 24.2 Å². The van der Waals surface area contributed by atoms with Gasteiger partial charge in [-0.2, -0.15) is 0 Å². The first-order valence-electron chi connectivity index (χ1n) is 11.5. The first-order chi connectivity index (χ1) is 14.2. The second-order valence-corrected chi connectivity index (χ2v) is 10.1. The lowest BCUT2D eigenvalue weighted by Crippen LogP contribution is -2.60. The number of nitrogens with one attached hydrogen (secondary N) is 1. The Kier molecular flexibility index (Phi) is 6.97. The highest BCUT2D eigenvalue weighted by molar-refractivity contribution is 5.83. The summed E-state index contributed by atoms with van der Waals surface area (Å²) in [6.45, 7) is 7.49. The van der Waals surface area contributed by atoms with E-state index < -0.39 is 11.5 Å². The van der Waals surface area contributed by atoms with E-state index in [-0.39, 0.29) is 35.1 Å². The monoisotopic (exact) mass is 421 g/mol. The fourth-order valence-electron chi connectivity index (χ4n) is 7.12. The lowest BCUT2D eigenvalue weighted by molar-refractivity contribution is -0.189. The predicted molar refractivity (Wildman–Crippen MR) is 115 cm³/mol. The third-order valence-electron chi connectivity index (χ3n) is 8.67. The number of aliphatic hydroxyl groups excluding tert-OH is 1. The van der Waals surface area contributed by atoms with Gasteiger partial charge in [0.15, 0.2) is 0 Å². The molecule has 0 spiro atoms. The molecule has 6 heteroatoms. The van der Waals surface area contributed by atoms with Gasteiger partial charge in [0.2, 0.25) is 0 Å². The Balaban J connectivity index is 1.83. The van der Waals surface area contributed by atoms with Gasteiger partial charge in [0.1, 0.15) is 6.61 Å². The zero-order chi connectivity index (χ0) is 22.1. The van der Waals surface area contributed by atoms with Crippen LogP contribution in [0.3, 0.4) is 0 Å². The molecule has 0 radical (unpaired) electrons. The number of allylic oxidation sites excluding steroid dienone is 1. The summed E-state index contributed by atoms with van der Waals surface area (Å²) in [6.07, 6.45) is 6.48. The fraction of sp³-hybridized carbons (Fsp3) is 0.833. The maximum Gasteiger partial charge on any atom is 0.330 e. The third kappa shape index (κ3) is 3.93. The van der Waals surface area contributed by atoms with Gasteiger partial charge in [-0.15, -0.1) is 0 Å². The second-order valence-electron chi connectivity index (χ2n) is 10.1. The normalized spacial score (nSPS) is 42.2. The predicted octanol–water partition coefficient (Wildman–Crippen LogP) is 3.09. The van der Waals surface area contributed by atoms with E-state index in [0.717, 1.165) is 37.7 Å². The van der Waals surface area contributed by atoms with Crippen molar-refractivity contribution in [3.63, 3.8) is 0 Å². The Morgan fingerprint density at radius 1 is 1.30 bits per heavy atom. The number of carbonyl (C=O) groups excluding carboxylic acids is 2. The molecule has 0 aromatic rings. The van der Waals surface area contributed by atoms with Crippen LogP contribution in [0.5, 0.6) is 0 Å². The highest BCUT2D eigenvalue weighted by Crippen LogP contribution is 2.65. The van der Waals surface area contributed by atoms with Crippen LogP contribution in [0.4, 0.5) is 0 Å². The standard InChI is InChI=1S/C24H39NO5/c1-15-16(13-20(27)30-12-11-25-4)7-8-17-21(15)18(26)14-19-23(17,2)9-6-10-24(19,3)22(28)29-5/h13,15,17-19,21,25-26H,6-12,14H2,1-5H3/t15?,17-,18-,19+,21?,23+,24+/m0/s1. The maximum atomic E-state index is 12.7. The van der Waals surface area contributed by atoms with Gasteiger partial charge in [-0.25, -0.2) is 4.79 Å². The summed E-state index contributed by atoms with van der Waals surface area (Å²) >= 11 is 0. The Morgan fingerprint density at radius 2 is 2.03 bits per heavy atom. The molecule has 30 heavy (non-hydrogen) atoms. The zero-order valence-electron chi connectivity index (χ0n) is 19.2. The Labute approximate surface area is 180 Å². The topological polar surface area (TPSA) is 84.9 Å². The highest BCUT2D eigenvalue weighted by atomic mass is 16.5. The van der Waals surface area contributed by atoms with Crippen molar-refractivity contribution in [2.75, 3.05) is 27.3 Å². The van der Waals surface area contributed by atoms with Crippen LogP contribution < -0.4 is 5.32 Å². The van der Waals surface area contributed by atoms with Crippen molar-refractivity contribution in [3.8, 4) is 0 Å². The van der Waals surface area contributed by atoms with Crippen LogP contribution in [0.15, 0.2) is 11.6 Å². The van der Waals surface area contributed by atoms with Crippen molar-refractivity contribution in [1.29, 1.82) is 0 Å². The van der Waals surface area contributed by atoms with Gasteiger partial charge in [0.25, 0.3) is 0 Å². The van der Waals surface area contributed by atoms with E-state index in [2.05, 4.69) is 19.2 Å². The minimum absolute atomic E-state index is 0.00180. The van der Waals surface area contributed by atoms with Crippen molar-refractivity contribution in [3.05, 3.63) is 11.6 Å². The van der Waals surface area contributed by atoms with Crippen LogP contribution in [0.25, 0.3) is 0 Å². The summed E-state index contributed by atoms with van der Waals surface area (Å²) in [7, 11) is 3.29. The zero-order valence-corrected chi connectivity index (χ0v) is 19.2. The van der Waals surface area contributed by atoms with E-state index in [4.69, 9.17) is 9.47 Å². The second kappa shape index (κ2) is 8.99. The van der Waals surface area contributed by atoms with Crippen LogP contribution in [-0.4, -0.2) is 50.5 Å². The number of fused-ring (bicyclic) bond motifs is 3. The van der Waals surface area contributed by atoms with Gasteiger partial charge >= 0.3 is 11.9 Å². The van der Waals surface area contributed by atoms with Crippen LogP contribution in [0.1, 0.15) is 59.3 Å². The molecule has 3 rings (SSSR count). The van der Waals surface area contributed by atoms with Crippen molar-refractivity contribution in [1.82, 2.24) is 5.32 Å².